The van der Waals surface area contributed by atoms with E-state index in [1.54, 1.807) is 0 Å². The first-order valence-corrected chi connectivity index (χ1v) is 12.8. The van der Waals surface area contributed by atoms with Gasteiger partial charge >= 0.3 is 17.4 Å². The molecule has 0 aliphatic rings. The molecule has 176 valence electrons. The number of alkyl halides is 3. The summed E-state index contributed by atoms with van der Waals surface area (Å²) in [5.41, 5.74) is -6.14. The van der Waals surface area contributed by atoms with Gasteiger partial charge in [0.15, 0.2) is 25.4 Å². The van der Waals surface area contributed by atoms with E-state index in [4.69, 9.17) is 9.47 Å². The summed E-state index contributed by atoms with van der Waals surface area (Å²) in [6, 6.07) is 0. The Labute approximate surface area is 170 Å². The minimum atomic E-state index is -6.72. The van der Waals surface area contributed by atoms with Crippen LogP contribution in [0.3, 0.4) is 0 Å². The van der Waals surface area contributed by atoms with Crippen molar-refractivity contribution in [2.75, 3.05) is 25.2 Å². The summed E-state index contributed by atoms with van der Waals surface area (Å²) in [5, 5.41) is 0. The van der Waals surface area contributed by atoms with Gasteiger partial charge in [-0.15, -0.1) is 0 Å². The average Bonchev–Trinajstić information content (AvgIpc) is 2.47. The predicted molar refractivity (Wildman–Crippen MR) is 94.7 cm³/mol. The van der Waals surface area contributed by atoms with E-state index in [-0.39, 0.29) is 11.8 Å². The molecule has 0 fully saturated rings. The van der Waals surface area contributed by atoms with Crippen molar-refractivity contribution >= 4 is 41.5 Å². The number of esters is 2. The van der Waals surface area contributed by atoms with Crippen LogP contribution in [0.5, 0.6) is 0 Å². The minimum Gasteiger partial charge on any atom is -0.462 e. The van der Waals surface area contributed by atoms with E-state index in [0.717, 1.165) is 0 Å². The maximum absolute atomic E-state index is 12.7. The average molecular weight is 504 g/mol. The summed E-state index contributed by atoms with van der Waals surface area (Å²) in [7, 11) is -17.8. The molecule has 0 bridgehead atoms. The molecule has 2 unspecified atom stereocenters. The van der Waals surface area contributed by atoms with Gasteiger partial charge in [0, 0.05) is 11.8 Å². The first-order chi connectivity index (χ1) is 13.2. The molecule has 0 amide bonds. The summed E-state index contributed by atoms with van der Waals surface area (Å²) < 4.78 is 118. The molecule has 0 spiro atoms. The van der Waals surface area contributed by atoms with Gasteiger partial charge < -0.3 is 14.2 Å². The van der Waals surface area contributed by atoms with E-state index in [1.807, 2.05) is 0 Å². The van der Waals surface area contributed by atoms with Gasteiger partial charge in [0.2, 0.25) is 6.29 Å². The van der Waals surface area contributed by atoms with E-state index in [2.05, 4.69) is 11.3 Å². The molecule has 11 nitrogen and oxygen atoms in total. The Morgan fingerprint density at radius 2 is 1.53 bits per heavy atom. The van der Waals surface area contributed by atoms with Crippen LogP contribution in [0.2, 0.25) is 0 Å². The molecule has 30 heavy (non-hydrogen) atoms. The zero-order valence-electron chi connectivity index (χ0n) is 15.8. The molecule has 0 aromatic heterocycles. The van der Waals surface area contributed by atoms with Gasteiger partial charge in [0.05, 0.1) is 6.61 Å². The molecule has 0 heterocycles. The van der Waals surface area contributed by atoms with Crippen LogP contribution in [-0.2, 0) is 53.3 Å². The second-order valence-electron chi connectivity index (χ2n) is 5.76. The maximum Gasteiger partial charge on any atom is 0.499 e. The lowest BCUT2D eigenvalue weighted by Gasteiger charge is -2.18. The van der Waals surface area contributed by atoms with E-state index in [1.165, 1.54) is 13.8 Å². The maximum atomic E-state index is 12.7. The second kappa shape index (κ2) is 10.1. The molecular weight excluding hydrogens is 485 g/mol. The number of halogens is 3. The highest BCUT2D eigenvalue weighted by Crippen LogP contribution is 2.32. The Morgan fingerprint density at radius 3 is 1.93 bits per heavy atom. The molecule has 0 saturated heterocycles. The minimum absolute atomic E-state index is 0.0364. The summed E-state index contributed by atoms with van der Waals surface area (Å²) in [5.74, 6) is -4.47. The standard InChI is InChI=1S/C13H19F3O11S3/c1-8(2)11(18)27-9(3)25-5-6-26-10(17)7-29(21,22)12(28(4,19)20)30(23,24)13(14,15)16/h9,12H,1,5-7H2,2-4H3. The molecule has 0 aromatic rings. The highest BCUT2D eigenvalue weighted by atomic mass is 32.3. The second-order valence-corrected chi connectivity index (χ2v) is 12.9. The Bertz CT molecular complexity index is 979. The largest absolute Gasteiger partial charge is 0.499 e. The first kappa shape index (κ1) is 28.3. The van der Waals surface area contributed by atoms with Gasteiger partial charge in [0.1, 0.15) is 6.61 Å². The number of carbonyl (C=O) groups excluding carboxylic acids is 2. The Kier molecular flexibility index (Phi) is 9.48. The molecular formula is C13H19F3O11S3. The fraction of sp³-hybridized carbons (Fsp3) is 0.692. The number of hydrogen-bond donors (Lipinski definition) is 0. The van der Waals surface area contributed by atoms with Crippen molar-refractivity contribution in [2.24, 2.45) is 0 Å². The SMILES string of the molecule is C=C(C)C(=O)OC(C)OCCOC(=O)CS(=O)(=O)C(S(C)(=O)=O)S(=O)(=O)C(F)(F)F. The van der Waals surface area contributed by atoms with E-state index >= 15 is 0 Å². The van der Waals surface area contributed by atoms with E-state index in [9.17, 15) is 48.0 Å². The van der Waals surface area contributed by atoms with Gasteiger partial charge in [-0.2, -0.15) is 13.2 Å². The Balaban J connectivity index is 5.08. The van der Waals surface area contributed by atoms with E-state index < -0.39 is 76.1 Å². The Hall–Kier alpha value is -1.72. The monoisotopic (exact) mass is 504 g/mol. The van der Waals surface area contributed by atoms with Gasteiger partial charge in [-0.05, 0) is 13.8 Å². The molecule has 0 aliphatic heterocycles. The van der Waals surface area contributed by atoms with Crippen LogP contribution in [0, 0.1) is 0 Å². The van der Waals surface area contributed by atoms with Crippen molar-refractivity contribution in [2.45, 2.75) is 29.6 Å². The van der Waals surface area contributed by atoms with Crippen molar-refractivity contribution < 1.29 is 62.2 Å². The molecule has 2 atom stereocenters. The fourth-order valence-corrected chi connectivity index (χ4v) is 9.07. The number of carbonyl (C=O) groups is 2. The van der Waals surface area contributed by atoms with Crippen LogP contribution in [0.1, 0.15) is 13.8 Å². The molecule has 0 aliphatic carbocycles. The van der Waals surface area contributed by atoms with Crippen LogP contribution < -0.4 is 0 Å². The third-order valence-corrected chi connectivity index (χ3v) is 11.3. The molecule has 17 heteroatoms. The number of sulfone groups is 3. The van der Waals surface area contributed by atoms with E-state index in [0.29, 0.717) is 0 Å². The smallest absolute Gasteiger partial charge is 0.462 e. The van der Waals surface area contributed by atoms with Crippen LogP contribution in [0.15, 0.2) is 12.2 Å². The zero-order chi connectivity index (χ0) is 24.1. The van der Waals surface area contributed by atoms with Crippen molar-refractivity contribution in [3.63, 3.8) is 0 Å². The van der Waals surface area contributed by atoms with Crippen molar-refractivity contribution in [1.29, 1.82) is 0 Å². The number of hydrogen-bond acceptors (Lipinski definition) is 11. The molecule has 0 aromatic carbocycles. The van der Waals surface area contributed by atoms with Gasteiger partial charge in [-0.3, -0.25) is 4.79 Å². The van der Waals surface area contributed by atoms with Crippen LogP contribution in [0.4, 0.5) is 13.2 Å². The predicted octanol–water partition coefficient (Wildman–Crippen LogP) is -0.311. The van der Waals surface area contributed by atoms with Crippen LogP contribution >= 0.6 is 0 Å². The summed E-state index contributed by atoms with van der Waals surface area (Å²) in [6.07, 6.45) is -1.16. The van der Waals surface area contributed by atoms with Crippen molar-refractivity contribution in [3.8, 4) is 0 Å². The van der Waals surface area contributed by atoms with Crippen LogP contribution in [-0.4, -0.2) is 78.1 Å². The topological polar surface area (TPSA) is 164 Å². The summed E-state index contributed by atoms with van der Waals surface area (Å²) in [4.78, 5) is 22.8. The van der Waals surface area contributed by atoms with Crippen molar-refractivity contribution in [1.82, 2.24) is 0 Å². The van der Waals surface area contributed by atoms with Crippen molar-refractivity contribution in [3.05, 3.63) is 12.2 Å². The highest BCUT2D eigenvalue weighted by Gasteiger charge is 2.60. The lowest BCUT2D eigenvalue weighted by Crippen LogP contribution is -2.46. The lowest BCUT2D eigenvalue weighted by atomic mass is 10.4. The number of ether oxygens (including phenoxy) is 3. The fourth-order valence-electron chi connectivity index (χ4n) is 1.73. The Morgan fingerprint density at radius 1 is 1.03 bits per heavy atom. The quantitative estimate of drug-likeness (QED) is 0.157. The summed E-state index contributed by atoms with van der Waals surface area (Å²) >= 11 is 0. The normalized spacial score (nSPS) is 15.1. The molecule has 0 N–H and O–H groups in total. The highest BCUT2D eigenvalue weighted by molar-refractivity contribution is 8.24. The third-order valence-electron chi connectivity index (χ3n) is 2.86. The molecule has 0 radical (unpaired) electrons. The lowest BCUT2D eigenvalue weighted by molar-refractivity contribution is -0.174. The first-order valence-electron chi connectivity index (χ1n) is 7.57. The number of rotatable bonds is 11. The van der Waals surface area contributed by atoms with Crippen LogP contribution in [0.25, 0.3) is 0 Å². The van der Waals surface area contributed by atoms with Gasteiger partial charge in [-0.1, -0.05) is 6.58 Å². The molecule has 0 saturated carbocycles. The molecule has 0 rings (SSSR count). The zero-order valence-corrected chi connectivity index (χ0v) is 18.3. The van der Waals surface area contributed by atoms with Gasteiger partial charge in [0.25, 0.3) is 13.8 Å². The summed E-state index contributed by atoms with van der Waals surface area (Å²) in [6.45, 7) is 4.84. The third kappa shape index (κ3) is 8.19. The van der Waals surface area contributed by atoms with Gasteiger partial charge in [-0.25, -0.2) is 30.0 Å².